The van der Waals surface area contributed by atoms with Gasteiger partial charge in [-0.05, 0) is 49.3 Å². The Morgan fingerprint density at radius 2 is 1.73 bits per heavy atom. The Morgan fingerprint density at radius 3 is 2.27 bits per heavy atom. The topological polar surface area (TPSA) is 78.5 Å². The molecule has 1 amide bonds. The third-order valence-corrected chi connectivity index (χ3v) is 7.07. The van der Waals surface area contributed by atoms with E-state index in [9.17, 15) is 13.2 Å². The normalized spacial score (nSPS) is 25.0. The second-order valence-electron chi connectivity index (χ2n) is 7.39. The number of rotatable bonds is 6. The summed E-state index contributed by atoms with van der Waals surface area (Å²) < 4.78 is 25.3. The molecule has 2 aliphatic heterocycles. The Hall–Kier alpha value is -1.15. The van der Waals surface area contributed by atoms with Crippen LogP contribution in [0.25, 0.3) is 0 Å². The SMILES string of the molecule is CN(C)S(=O)(=O)c1ccc(CNC(=O)CC2CC3CCC(C2)N3)cc1.Cl. The van der Waals surface area contributed by atoms with E-state index in [0.717, 1.165) is 18.4 Å². The van der Waals surface area contributed by atoms with Gasteiger partial charge in [-0.15, -0.1) is 12.4 Å². The van der Waals surface area contributed by atoms with E-state index in [1.165, 1.54) is 31.2 Å². The number of sulfonamides is 1. The van der Waals surface area contributed by atoms with Crippen molar-refractivity contribution in [2.24, 2.45) is 5.92 Å². The fraction of sp³-hybridized carbons (Fsp3) is 0.611. The first-order chi connectivity index (χ1) is 11.8. The van der Waals surface area contributed by atoms with Gasteiger partial charge in [-0.2, -0.15) is 0 Å². The molecule has 0 aliphatic carbocycles. The summed E-state index contributed by atoms with van der Waals surface area (Å²) in [4.78, 5) is 12.5. The highest BCUT2D eigenvalue weighted by molar-refractivity contribution is 7.89. The van der Waals surface area contributed by atoms with Gasteiger partial charge >= 0.3 is 0 Å². The maximum Gasteiger partial charge on any atom is 0.242 e. The summed E-state index contributed by atoms with van der Waals surface area (Å²) >= 11 is 0. The molecule has 8 heteroatoms. The van der Waals surface area contributed by atoms with Crippen molar-refractivity contribution >= 4 is 28.3 Å². The molecule has 6 nitrogen and oxygen atoms in total. The number of halogens is 1. The van der Waals surface area contributed by atoms with Gasteiger partial charge in [0.25, 0.3) is 0 Å². The van der Waals surface area contributed by atoms with Crippen LogP contribution in [-0.2, 0) is 21.4 Å². The second-order valence-corrected chi connectivity index (χ2v) is 9.54. The quantitative estimate of drug-likeness (QED) is 0.763. The maximum absolute atomic E-state index is 12.2. The summed E-state index contributed by atoms with van der Waals surface area (Å²) in [6.45, 7) is 0.430. The van der Waals surface area contributed by atoms with Gasteiger partial charge < -0.3 is 10.6 Å². The molecule has 26 heavy (non-hydrogen) atoms. The minimum Gasteiger partial charge on any atom is -0.352 e. The first-order valence-corrected chi connectivity index (χ1v) is 10.3. The second kappa shape index (κ2) is 8.69. The average molecular weight is 402 g/mol. The molecule has 2 bridgehead atoms. The molecule has 2 saturated heterocycles. The molecule has 2 N–H and O–H groups in total. The molecule has 2 unspecified atom stereocenters. The van der Waals surface area contributed by atoms with Gasteiger partial charge in [-0.25, -0.2) is 12.7 Å². The lowest BCUT2D eigenvalue weighted by molar-refractivity contribution is -0.122. The Bertz CT molecular complexity index is 710. The Labute approximate surface area is 162 Å². The van der Waals surface area contributed by atoms with Crippen molar-refractivity contribution in [3.05, 3.63) is 29.8 Å². The number of piperidine rings is 1. The fourth-order valence-corrected chi connectivity index (χ4v) is 4.77. The summed E-state index contributed by atoms with van der Waals surface area (Å²) in [5.41, 5.74) is 0.899. The van der Waals surface area contributed by atoms with Gasteiger partial charge in [0.2, 0.25) is 15.9 Å². The maximum atomic E-state index is 12.2. The van der Waals surface area contributed by atoms with Gasteiger partial charge in [0.05, 0.1) is 4.90 Å². The molecule has 2 aliphatic rings. The number of nitrogens with zero attached hydrogens (tertiary/aromatic N) is 1. The summed E-state index contributed by atoms with van der Waals surface area (Å²) in [7, 11) is -0.388. The lowest BCUT2D eigenvalue weighted by Crippen LogP contribution is -2.39. The van der Waals surface area contributed by atoms with Crippen LogP contribution in [-0.4, -0.2) is 44.8 Å². The Morgan fingerprint density at radius 1 is 1.15 bits per heavy atom. The summed E-state index contributed by atoms with van der Waals surface area (Å²) in [5, 5.41) is 6.55. The number of carbonyl (C=O) groups is 1. The van der Waals surface area contributed by atoms with E-state index in [-0.39, 0.29) is 23.2 Å². The van der Waals surface area contributed by atoms with Crippen LogP contribution in [0.2, 0.25) is 0 Å². The first-order valence-electron chi connectivity index (χ1n) is 8.89. The van der Waals surface area contributed by atoms with E-state index in [0.29, 0.717) is 31.0 Å². The van der Waals surface area contributed by atoms with Crippen LogP contribution in [0, 0.1) is 5.92 Å². The number of nitrogens with one attached hydrogen (secondary N) is 2. The molecular formula is C18H28ClN3O3S. The van der Waals surface area contributed by atoms with E-state index in [4.69, 9.17) is 0 Å². The van der Waals surface area contributed by atoms with Crippen LogP contribution in [0.15, 0.2) is 29.2 Å². The van der Waals surface area contributed by atoms with Crippen molar-refractivity contribution in [2.75, 3.05) is 14.1 Å². The van der Waals surface area contributed by atoms with Crippen LogP contribution < -0.4 is 10.6 Å². The molecule has 2 fully saturated rings. The fourth-order valence-electron chi connectivity index (χ4n) is 3.87. The smallest absolute Gasteiger partial charge is 0.242 e. The van der Waals surface area contributed by atoms with Crippen molar-refractivity contribution in [2.45, 2.75) is 55.6 Å². The third kappa shape index (κ3) is 4.97. The average Bonchev–Trinajstić information content (AvgIpc) is 2.92. The summed E-state index contributed by atoms with van der Waals surface area (Å²) in [6.07, 6.45) is 5.26. The minimum atomic E-state index is -3.41. The minimum absolute atomic E-state index is 0. The van der Waals surface area contributed by atoms with Gasteiger partial charge in [0.15, 0.2) is 0 Å². The highest BCUT2D eigenvalue weighted by Gasteiger charge is 2.34. The molecule has 3 rings (SSSR count). The van der Waals surface area contributed by atoms with Crippen molar-refractivity contribution in [3.8, 4) is 0 Å². The lowest BCUT2D eigenvalue weighted by Gasteiger charge is -2.28. The molecule has 0 aromatic heterocycles. The van der Waals surface area contributed by atoms with E-state index in [1.807, 2.05) is 0 Å². The monoisotopic (exact) mass is 401 g/mol. The number of fused-ring (bicyclic) bond motifs is 2. The Kier molecular flexibility index (Phi) is 7.07. The molecule has 2 atom stereocenters. The molecule has 146 valence electrons. The number of hydrogen-bond donors (Lipinski definition) is 2. The predicted octanol–water partition coefficient (Wildman–Crippen LogP) is 1.90. The lowest BCUT2D eigenvalue weighted by atomic mass is 9.89. The van der Waals surface area contributed by atoms with Gasteiger partial charge in [0, 0.05) is 39.1 Å². The van der Waals surface area contributed by atoms with Gasteiger partial charge in [0.1, 0.15) is 0 Å². The standard InChI is InChI=1S/C18H27N3O3S.ClH/c1-21(2)25(23,24)17-7-3-13(4-8-17)12-19-18(22)11-14-9-15-5-6-16(10-14)20-15;/h3-4,7-8,14-16,20H,5-6,9-12H2,1-2H3,(H,19,22);1H. The Balaban J connectivity index is 0.00000243. The van der Waals surface area contributed by atoms with E-state index < -0.39 is 10.0 Å². The van der Waals surface area contributed by atoms with E-state index >= 15 is 0 Å². The van der Waals surface area contributed by atoms with Crippen LogP contribution in [0.4, 0.5) is 0 Å². The van der Waals surface area contributed by atoms with Crippen molar-refractivity contribution in [1.82, 2.24) is 14.9 Å². The molecule has 0 saturated carbocycles. The number of carbonyl (C=O) groups excluding carboxylic acids is 1. The molecule has 0 spiro atoms. The molecule has 2 heterocycles. The zero-order valence-electron chi connectivity index (χ0n) is 15.3. The molecular weight excluding hydrogens is 374 g/mol. The first kappa shape index (κ1) is 21.2. The van der Waals surface area contributed by atoms with Crippen LogP contribution >= 0.6 is 12.4 Å². The van der Waals surface area contributed by atoms with Gasteiger partial charge in [-0.3, -0.25) is 4.79 Å². The predicted molar refractivity (Wildman–Crippen MR) is 104 cm³/mol. The highest BCUT2D eigenvalue weighted by Crippen LogP contribution is 2.32. The van der Waals surface area contributed by atoms with Crippen molar-refractivity contribution in [1.29, 1.82) is 0 Å². The summed E-state index contributed by atoms with van der Waals surface area (Å²) in [5.74, 6) is 0.558. The molecule has 0 radical (unpaired) electrons. The number of hydrogen-bond acceptors (Lipinski definition) is 4. The van der Waals surface area contributed by atoms with Crippen molar-refractivity contribution in [3.63, 3.8) is 0 Å². The summed E-state index contributed by atoms with van der Waals surface area (Å²) in [6, 6.07) is 7.87. The van der Waals surface area contributed by atoms with Crippen LogP contribution in [0.5, 0.6) is 0 Å². The van der Waals surface area contributed by atoms with Crippen LogP contribution in [0.3, 0.4) is 0 Å². The largest absolute Gasteiger partial charge is 0.352 e. The molecule has 1 aromatic rings. The van der Waals surface area contributed by atoms with Crippen LogP contribution in [0.1, 0.15) is 37.7 Å². The zero-order valence-corrected chi connectivity index (χ0v) is 16.9. The van der Waals surface area contributed by atoms with E-state index in [2.05, 4.69) is 10.6 Å². The highest BCUT2D eigenvalue weighted by atomic mass is 35.5. The number of benzene rings is 1. The van der Waals surface area contributed by atoms with Gasteiger partial charge in [-0.1, -0.05) is 12.1 Å². The van der Waals surface area contributed by atoms with Crippen molar-refractivity contribution < 1.29 is 13.2 Å². The zero-order chi connectivity index (χ0) is 18.0. The number of amides is 1. The molecule has 1 aromatic carbocycles. The van der Waals surface area contributed by atoms with E-state index in [1.54, 1.807) is 24.3 Å². The third-order valence-electron chi connectivity index (χ3n) is 5.24.